The monoisotopic (exact) mass is 205 g/mol. The van der Waals surface area contributed by atoms with Crippen LogP contribution in [0, 0.1) is 0 Å². The fourth-order valence-corrected chi connectivity index (χ4v) is 2.49. The molecule has 0 radical (unpaired) electrons. The van der Waals surface area contributed by atoms with Gasteiger partial charge in [-0.1, -0.05) is 30.3 Å². The van der Waals surface area contributed by atoms with Crippen molar-refractivity contribution in [2.45, 2.75) is 38.5 Å². The van der Waals surface area contributed by atoms with Crippen LogP contribution in [0.5, 0.6) is 0 Å². The van der Waals surface area contributed by atoms with Gasteiger partial charge in [-0.25, -0.2) is 0 Å². The van der Waals surface area contributed by atoms with Crippen molar-refractivity contribution in [1.29, 1.82) is 0 Å². The summed E-state index contributed by atoms with van der Waals surface area (Å²) < 4.78 is 0. The summed E-state index contributed by atoms with van der Waals surface area (Å²) in [4.78, 5) is 2.38. The lowest BCUT2D eigenvalue weighted by Crippen LogP contribution is -2.30. The number of hydrogen-bond donors (Lipinski definition) is 1. The van der Waals surface area contributed by atoms with Crippen molar-refractivity contribution in [3.63, 3.8) is 0 Å². The van der Waals surface area contributed by atoms with Crippen LogP contribution in [-0.2, 0) is 0 Å². The van der Waals surface area contributed by atoms with Gasteiger partial charge in [0.15, 0.2) is 0 Å². The molecule has 2 nitrogen and oxygen atoms in total. The van der Waals surface area contributed by atoms with Crippen LogP contribution in [0.1, 0.15) is 31.9 Å². The van der Waals surface area contributed by atoms with Gasteiger partial charge in [-0.3, -0.25) is 4.90 Å². The van der Waals surface area contributed by atoms with Crippen LogP contribution in [0.15, 0.2) is 30.3 Å². The second-order valence-electron chi connectivity index (χ2n) is 4.52. The SMILES string of the molecule is CC(c1ccccc1)N1C[C@@H](O)C[C@@H]1C. The van der Waals surface area contributed by atoms with E-state index < -0.39 is 0 Å². The number of aliphatic hydroxyl groups excluding tert-OH is 1. The molecule has 1 heterocycles. The third-order valence-corrected chi connectivity index (χ3v) is 3.38. The standard InChI is InChI=1S/C13H19NO/c1-10-8-13(15)9-14(10)11(2)12-6-4-3-5-7-12/h3-7,10-11,13,15H,8-9H2,1-2H3/t10-,11?,13-/m0/s1. The van der Waals surface area contributed by atoms with Crippen LogP contribution in [0.3, 0.4) is 0 Å². The lowest BCUT2D eigenvalue weighted by Gasteiger charge is -2.28. The van der Waals surface area contributed by atoms with Crippen molar-refractivity contribution in [3.05, 3.63) is 35.9 Å². The third-order valence-electron chi connectivity index (χ3n) is 3.38. The Kier molecular flexibility index (Phi) is 3.08. The van der Waals surface area contributed by atoms with Crippen molar-refractivity contribution in [2.75, 3.05) is 6.54 Å². The molecule has 2 heteroatoms. The average molecular weight is 205 g/mol. The minimum Gasteiger partial charge on any atom is -0.392 e. The third kappa shape index (κ3) is 2.21. The first-order valence-electron chi connectivity index (χ1n) is 5.67. The maximum atomic E-state index is 9.62. The smallest absolute Gasteiger partial charge is 0.0682 e. The Morgan fingerprint density at radius 2 is 2.00 bits per heavy atom. The first-order chi connectivity index (χ1) is 7.18. The lowest BCUT2D eigenvalue weighted by molar-refractivity contribution is 0.156. The Bertz CT molecular complexity index is 312. The number of benzene rings is 1. The number of rotatable bonds is 2. The molecule has 82 valence electrons. The molecule has 1 unspecified atom stereocenters. The number of nitrogens with zero attached hydrogens (tertiary/aromatic N) is 1. The fraction of sp³-hybridized carbons (Fsp3) is 0.538. The van der Waals surface area contributed by atoms with Crippen molar-refractivity contribution in [3.8, 4) is 0 Å². The van der Waals surface area contributed by atoms with Gasteiger partial charge < -0.3 is 5.11 Å². The van der Waals surface area contributed by atoms with Crippen molar-refractivity contribution < 1.29 is 5.11 Å². The maximum absolute atomic E-state index is 9.62. The Hall–Kier alpha value is -0.860. The molecule has 0 spiro atoms. The summed E-state index contributed by atoms with van der Waals surface area (Å²) >= 11 is 0. The van der Waals surface area contributed by atoms with Gasteiger partial charge in [0.25, 0.3) is 0 Å². The van der Waals surface area contributed by atoms with E-state index in [9.17, 15) is 5.11 Å². The molecule has 3 atom stereocenters. The van der Waals surface area contributed by atoms with Gasteiger partial charge in [-0.2, -0.15) is 0 Å². The van der Waals surface area contributed by atoms with Crippen LogP contribution in [0.25, 0.3) is 0 Å². The fourth-order valence-electron chi connectivity index (χ4n) is 2.49. The molecule has 1 aliphatic rings. The van der Waals surface area contributed by atoms with Crippen LogP contribution < -0.4 is 0 Å². The van der Waals surface area contributed by atoms with Gasteiger partial charge in [-0.15, -0.1) is 0 Å². The molecule has 0 aliphatic carbocycles. The molecule has 1 saturated heterocycles. The Morgan fingerprint density at radius 1 is 1.33 bits per heavy atom. The summed E-state index contributed by atoms with van der Waals surface area (Å²) in [7, 11) is 0. The number of β-amino-alcohol motifs (C(OH)–C–C–N with tert-alkyl or cyclic N) is 1. The van der Waals surface area contributed by atoms with E-state index in [1.165, 1.54) is 5.56 Å². The zero-order chi connectivity index (χ0) is 10.8. The highest BCUT2D eigenvalue weighted by Crippen LogP contribution is 2.28. The summed E-state index contributed by atoms with van der Waals surface area (Å²) in [6.07, 6.45) is 0.753. The number of likely N-dealkylation sites (tertiary alicyclic amines) is 1. The van der Waals surface area contributed by atoms with Crippen LogP contribution in [0.2, 0.25) is 0 Å². The van der Waals surface area contributed by atoms with E-state index in [0.29, 0.717) is 12.1 Å². The van der Waals surface area contributed by atoms with Gasteiger partial charge in [0.05, 0.1) is 6.10 Å². The van der Waals surface area contributed by atoms with E-state index in [-0.39, 0.29) is 6.10 Å². The van der Waals surface area contributed by atoms with E-state index in [2.05, 4.69) is 43.0 Å². The quantitative estimate of drug-likeness (QED) is 0.800. The molecular formula is C13H19NO. The molecular weight excluding hydrogens is 186 g/mol. The summed E-state index contributed by atoms with van der Waals surface area (Å²) in [6, 6.07) is 11.4. The van der Waals surface area contributed by atoms with Gasteiger partial charge >= 0.3 is 0 Å². The Labute approximate surface area is 91.5 Å². The topological polar surface area (TPSA) is 23.5 Å². The summed E-state index contributed by atoms with van der Waals surface area (Å²) in [5.74, 6) is 0. The van der Waals surface area contributed by atoms with Gasteiger partial charge in [-0.05, 0) is 25.8 Å². The molecule has 1 aromatic rings. The first kappa shape index (κ1) is 10.7. The van der Waals surface area contributed by atoms with Gasteiger partial charge in [0.1, 0.15) is 0 Å². The van der Waals surface area contributed by atoms with Crippen LogP contribution in [-0.4, -0.2) is 28.7 Å². The highest BCUT2D eigenvalue weighted by Gasteiger charge is 2.31. The Morgan fingerprint density at radius 3 is 2.53 bits per heavy atom. The molecule has 0 aromatic heterocycles. The Balaban J connectivity index is 2.11. The van der Waals surface area contributed by atoms with Gasteiger partial charge in [0.2, 0.25) is 0 Å². The predicted molar refractivity (Wildman–Crippen MR) is 61.6 cm³/mol. The molecule has 0 amide bonds. The highest BCUT2D eigenvalue weighted by atomic mass is 16.3. The van der Waals surface area contributed by atoms with Crippen molar-refractivity contribution in [1.82, 2.24) is 4.90 Å². The van der Waals surface area contributed by atoms with E-state index in [4.69, 9.17) is 0 Å². The zero-order valence-corrected chi connectivity index (χ0v) is 9.43. The van der Waals surface area contributed by atoms with Crippen LogP contribution in [0.4, 0.5) is 0 Å². The first-order valence-corrected chi connectivity index (χ1v) is 5.67. The van der Waals surface area contributed by atoms with Crippen molar-refractivity contribution in [2.24, 2.45) is 0 Å². The van der Waals surface area contributed by atoms with E-state index in [1.54, 1.807) is 0 Å². The molecule has 1 N–H and O–H groups in total. The van der Waals surface area contributed by atoms with Crippen molar-refractivity contribution >= 4 is 0 Å². The summed E-state index contributed by atoms with van der Waals surface area (Å²) in [6.45, 7) is 5.21. The second kappa shape index (κ2) is 4.33. The predicted octanol–water partition coefficient (Wildman–Crippen LogP) is 2.20. The van der Waals surface area contributed by atoms with Gasteiger partial charge in [0, 0.05) is 18.6 Å². The number of aliphatic hydroxyl groups is 1. The highest BCUT2D eigenvalue weighted by molar-refractivity contribution is 5.18. The minimum atomic E-state index is -0.147. The largest absolute Gasteiger partial charge is 0.392 e. The average Bonchev–Trinajstić information content (AvgIpc) is 2.58. The normalized spacial score (nSPS) is 29.3. The molecule has 2 rings (SSSR count). The molecule has 0 saturated carbocycles. The second-order valence-corrected chi connectivity index (χ2v) is 4.52. The zero-order valence-electron chi connectivity index (χ0n) is 9.43. The molecule has 1 aromatic carbocycles. The lowest BCUT2D eigenvalue weighted by atomic mass is 10.1. The van der Waals surface area contributed by atoms with E-state index >= 15 is 0 Å². The molecule has 1 aliphatic heterocycles. The van der Waals surface area contributed by atoms with E-state index in [1.807, 2.05) is 6.07 Å². The van der Waals surface area contributed by atoms with E-state index in [0.717, 1.165) is 13.0 Å². The molecule has 1 fully saturated rings. The maximum Gasteiger partial charge on any atom is 0.0682 e. The summed E-state index contributed by atoms with van der Waals surface area (Å²) in [5.41, 5.74) is 1.33. The number of hydrogen-bond acceptors (Lipinski definition) is 2. The van der Waals surface area contributed by atoms with Crippen LogP contribution >= 0.6 is 0 Å². The summed E-state index contributed by atoms with van der Waals surface area (Å²) in [5, 5.41) is 9.62. The minimum absolute atomic E-state index is 0.147. The molecule has 0 bridgehead atoms. The molecule has 15 heavy (non-hydrogen) atoms.